The largest absolute Gasteiger partial charge is 0.378 e. The lowest BCUT2D eigenvalue weighted by Crippen LogP contribution is -2.54. The molecular formula is C14H28N2O2. The number of carbonyl (C=O) groups is 1. The first-order chi connectivity index (χ1) is 8.56. The molecule has 4 nitrogen and oxygen atoms in total. The van der Waals surface area contributed by atoms with Crippen LogP contribution in [0.25, 0.3) is 0 Å². The molecule has 0 aromatic heterocycles. The van der Waals surface area contributed by atoms with Crippen molar-refractivity contribution in [3.05, 3.63) is 0 Å². The van der Waals surface area contributed by atoms with Gasteiger partial charge in [-0.1, -0.05) is 13.3 Å². The molecule has 18 heavy (non-hydrogen) atoms. The second kappa shape index (κ2) is 7.74. The first-order valence-corrected chi connectivity index (χ1v) is 7.24. The Morgan fingerprint density at radius 2 is 2.00 bits per heavy atom. The van der Waals surface area contributed by atoms with Crippen LogP contribution in [0.4, 0.5) is 0 Å². The molecule has 1 rings (SSSR count). The van der Waals surface area contributed by atoms with Gasteiger partial charge >= 0.3 is 0 Å². The second-order valence-electron chi connectivity index (χ2n) is 5.33. The second-order valence-corrected chi connectivity index (χ2v) is 5.33. The predicted molar refractivity (Wildman–Crippen MR) is 73.5 cm³/mol. The van der Waals surface area contributed by atoms with E-state index >= 15 is 0 Å². The molecule has 106 valence electrons. The van der Waals surface area contributed by atoms with Crippen LogP contribution in [-0.2, 0) is 9.53 Å². The molecular weight excluding hydrogens is 228 g/mol. The Bertz CT molecular complexity index is 252. The van der Waals surface area contributed by atoms with Gasteiger partial charge in [0, 0.05) is 18.7 Å². The van der Waals surface area contributed by atoms with E-state index in [0.717, 1.165) is 32.3 Å². The van der Waals surface area contributed by atoms with E-state index in [-0.39, 0.29) is 18.0 Å². The molecule has 1 amide bonds. The summed E-state index contributed by atoms with van der Waals surface area (Å²) in [5, 5.41) is 6.40. The smallest absolute Gasteiger partial charge is 0.237 e. The summed E-state index contributed by atoms with van der Waals surface area (Å²) >= 11 is 0. The van der Waals surface area contributed by atoms with E-state index in [0.29, 0.717) is 12.1 Å². The molecule has 0 aromatic carbocycles. The fourth-order valence-corrected chi connectivity index (χ4v) is 2.38. The summed E-state index contributed by atoms with van der Waals surface area (Å²) < 4.78 is 5.51. The third-order valence-corrected chi connectivity index (χ3v) is 3.49. The molecule has 2 unspecified atom stereocenters. The highest BCUT2D eigenvalue weighted by Gasteiger charge is 2.31. The average Bonchev–Trinajstić information content (AvgIpc) is 2.26. The molecule has 1 saturated carbocycles. The minimum atomic E-state index is -0.114. The van der Waals surface area contributed by atoms with Crippen LogP contribution >= 0.6 is 0 Å². The minimum Gasteiger partial charge on any atom is -0.378 e. The summed E-state index contributed by atoms with van der Waals surface area (Å²) in [5.41, 5.74) is 0. The van der Waals surface area contributed by atoms with Crippen molar-refractivity contribution in [1.82, 2.24) is 10.6 Å². The molecule has 4 heteroatoms. The first kappa shape index (κ1) is 15.4. The van der Waals surface area contributed by atoms with Crippen LogP contribution in [0, 0.1) is 0 Å². The lowest BCUT2D eigenvalue weighted by atomic mass is 9.88. The maximum absolute atomic E-state index is 11.9. The highest BCUT2D eigenvalue weighted by molar-refractivity contribution is 5.81. The van der Waals surface area contributed by atoms with Gasteiger partial charge in [0.2, 0.25) is 5.91 Å². The molecule has 0 aromatic rings. The van der Waals surface area contributed by atoms with Crippen molar-refractivity contribution in [2.24, 2.45) is 0 Å². The van der Waals surface area contributed by atoms with Gasteiger partial charge in [0.15, 0.2) is 0 Å². The van der Waals surface area contributed by atoms with Crippen LogP contribution in [0.3, 0.4) is 0 Å². The van der Waals surface area contributed by atoms with Crippen LogP contribution in [-0.4, -0.2) is 36.7 Å². The monoisotopic (exact) mass is 256 g/mol. The third-order valence-electron chi connectivity index (χ3n) is 3.49. The average molecular weight is 256 g/mol. The van der Waals surface area contributed by atoms with E-state index in [4.69, 9.17) is 4.74 Å². The van der Waals surface area contributed by atoms with Gasteiger partial charge in [-0.2, -0.15) is 0 Å². The fraction of sp³-hybridized carbons (Fsp3) is 0.929. The number of carbonyl (C=O) groups excluding carboxylic acids is 1. The standard InChI is InChI=1S/C14H28N2O2/c1-5-7-10(3)15-14(17)11(4)16-12-8-13(9-12)18-6-2/h10-13,16H,5-9H2,1-4H3,(H,15,17). The van der Waals surface area contributed by atoms with E-state index in [9.17, 15) is 4.79 Å². The van der Waals surface area contributed by atoms with Gasteiger partial charge in [-0.05, 0) is 40.0 Å². The molecule has 0 spiro atoms. The zero-order valence-electron chi connectivity index (χ0n) is 12.2. The number of hydrogen-bond donors (Lipinski definition) is 2. The normalized spacial score (nSPS) is 26.2. The van der Waals surface area contributed by atoms with Crippen LogP contribution in [0.5, 0.6) is 0 Å². The van der Waals surface area contributed by atoms with Crippen LogP contribution in [0.2, 0.25) is 0 Å². The van der Waals surface area contributed by atoms with Crippen molar-refractivity contribution < 1.29 is 9.53 Å². The van der Waals surface area contributed by atoms with Crippen molar-refractivity contribution in [3.8, 4) is 0 Å². The molecule has 2 atom stereocenters. The Balaban J connectivity index is 2.17. The molecule has 1 fully saturated rings. The third kappa shape index (κ3) is 4.94. The number of hydrogen-bond acceptors (Lipinski definition) is 3. The Morgan fingerprint density at radius 3 is 2.56 bits per heavy atom. The number of amides is 1. The van der Waals surface area contributed by atoms with E-state index in [1.807, 2.05) is 13.8 Å². The Labute approximate surface area is 111 Å². The topological polar surface area (TPSA) is 50.4 Å². The number of rotatable bonds is 8. The quantitative estimate of drug-likeness (QED) is 0.696. The zero-order valence-corrected chi connectivity index (χ0v) is 12.2. The fourth-order valence-electron chi connectivity index (χ4n) is 2.38. The van der Waals surface area contributed by atoms with E-state index in [1.54, 1.807) is 0 Å². The van der Waals surface area contributed by atoms with Crippen LogP contribution in [0.1, 0.15) is 53.4 Å². The highest BCUT2D eigenvalue weighted by atomic mass is 16.5. The van der Waals surface area contributed by atoms with Crippen molar-refractivity contribution in [3.63, 3.8) is 0 Å². The molecule has 0 heterocycles. The molecule has 0 radical (unpaired) electrons. The number of nitrogens with one attached hydrogen (secondary N) is 2. The van der Waals surface area contributed by atoms with Crippen LogP contribution < -0.4 is 10.6 Å². The van der Waals surface area contributed by atoms with Crippen molar-refractivity contribution in [2.45, 2.75) is 77.6 Å². The Morgan fingerprint density at radius 1 is 1.33 bits per heavy atom. The van der Waals surface area contributed by atoms with E-state index < -0.39 is 0 Å². The lowest BCUT2D eigenvalue weighted by molar-refractivity contribution is -0.124. The van der Waals surface area contributed by atoms with Crippen molar-refractivity contribution >= 4 is 5.91 Å². The minimum absolute atomic E-state index is 0.107. The zero-order chi connectivity index (χ0) is 13.5. The Hall–Kier alpha value is -0.610. The van der Waals surface area contributed by atoms with E-state index in [2.05, 4.69) is 24.5 Å². The summed E-state index contributed by atoms with van der Waals surface area (Å²) in [5.74, 6) is 0.107. The van der Waals surface area contributed by atoms with Gasteiger partial charge in [0.1, 0.15) is 0 Å². The number of ether oxygens (including phenoxy) is 1. The van der Waals surface area contributed by atoms with Crippen LogP contribution in [0.15, 0.2) is 0 Å². The van der Waals surface area contributed by atoms with Gasteiger partial charge in [-0.3, -0.25) is 4.79 Å². The van der Waals surface area contributed by atoms with Gasteiger partial charge in [0.05, 0.1) is 12.1 Å². The van der Waals surface area contributed by atoms with Gasteiger partial charge < -0.3 is 15.4 Å². The summed E-state index contributed by atoms with van der Waals surface area (Å²) in [6.45, 7) is 8.92. The molecule has 0 bridgehead atoms. The summed E-state index contributed by atoms with van der Waals surface area (Å²) in [6.07, 6.45) is 4.57. The van der Waals surface area contributed by atoms with Crippen molar-refractivity contribution in [2.75, 3.05) is 6.61 Å². The summed E-state index contributed by atoms with van der Waals surface area (Å²) in [7, 11) is 0. The summed E-state index contributed by atoms with van der Waals surface area (Å²) in [6, 6.07) is 0.588. The van der Waals surface area contributed by atoms with Gasteiger partial charge in [-0.25, -0.2) is 0 Å². The molecule has 0 aliphatic heterocycles. The molecule has 1 aliphatic rings. The first-order valence-electron chi connectivity index (χ1n) is 7.24. The maximum atomic E-state index is 11.9. The lowest BCUT2D eigenvalue weighted by Gasteiger charge is -2.37. The Kier molecular flexibility index (Phi) is 6.65. The van der Waals surface area contributed by atoms with E-state index in [1.165, 1.54) is 0 Å². The van der Waals surface area contributed by atoms with Gasteiger partial charge in [-0.15, -0.1) is 0 Å². The SMILES string of the molecule is CCCC(C)NC(=O)C(C)NC1CC(OCC)C1. The predicted octanol–water partition coefficient (Wildman–Crippen LogP) is 1.84. The van der Waals surface area contributed by atoms with Crippen molar-refractivity contribution in [1.29, 1.82) is 0 Å². The molecule has 0 saturated heterocycles. The highest BCUT2D eigenvalue weighted by Crippen LogP contribution is 2.23. The van der Waals surface area contributed by atoms with Gasteiger partial charge in [0.25, 0.3) is 0 Å². The maximum Gasteiger partial charge on any atom is 0.237 e. The molecule has 1 aliphatic carbocycles. The molecule has 2 N–H and O–H groups in total. The summed E-state index contributed by atoms with van der Waals surface area (Å²) in [4.78, 5) is 11.9.